The Bertz CT molecular complexity index is 703. The fourth-order valence-corrected chi connectivity index (χ4v) is 7.68. The summed E-state index contributed by atoms with van der Waals surface area (Å²) in [6.45, 7) is 20.0. The molecule has 0 fully saturated rings. The second-order valence-corrected chi connectivity index (χ2v) is 20.5. The van der Waals surface area contributed by atoms with Gasteiger partial charge in [0.1, 0.15) is 0 Å². The summed E-state index contributed by atoms with van der Waals surface area (Å²) in [6, 6.07) is 0. The predicted molar refractivity (Wildman–Crippen MR) is 137 cm³/mol. The first-order chi connectivity index (χ1) is 13.7. The fraction of sp³-hybridized carbons (Fsp3) is 0.667. The molecule has 0 amide bonds. The van der Waals surface area contributed by atoms with Crippen molar-refractivity contribution in [1.29, 1.82) is 0 Å². The topological polar surface area (TPSA) is 18.5 Å². The van der Waals surface area contributed by atoms with Crippen molar-refractivity contribution in [2.24, 2.45) is 5.92 Å². The Kier molecular flexibility index (Phi) is 8.91. The molecule has 0 aliphatic heterocycles. The van der Waals surface area contributed by atoms with Crippen LogP contribution in [0.25, 0.3) is 0 Å². The second-order valence-electron chi connectivity index (χ2n) is 10.7. The highest BCUT2D eigenvalue weighted by atomic mass is 35.5. The largest absolute Gasteiger partial charge is 0.415 e. The molecule has 0 saturated heterocycles. The van der Waals surface area contributed by atoms with Gasteiger partial charge in [-0.3, -0.25) is 0 Å². The van der Waals surface area contributed by atoms with Gasteiger partial charge in [-0.25, -0.2) is 0 Å². The van der Waals surface area contributed by atoms with Crippen LogP contribution >= 0.6 is 23.2 Å². The van der Waals surface area contributed by atoms with E-state index >= 15 is 0 Å². The third-order valence-corrected chi connectivity index (χ3v) is 8.36. The van der Waals surface area contributed by atoms with E-state index in [0.29, 0.717) is 0 Å². The van der Waals surface area contributed by atoms with Crippen LogP contribution in [0.1, 0.15) is 46.5 Å². The van der Waals surface area contributed by atoms with E-state index in [1.54, 1.807) is 0 Å². The molecule has 2 rings (SSSR count). The van der Waals surface area contributed by atoms with Crippen molar-refractivity contribution >= 4 is 39.8 Å². The smallest absolute Gasteiger partial charge is 0.184 e. The van der Waals surface area contributed by atoms with Gasteiger partial charge in [0, 0.05) is 41.0 Å². The van der Waals surface area contributed by atoms with Gasteiger partial charge in [-0.05, 0) is 88.3 Å². The van der Waals surface area contributed by atoms with Crippen molar-refractivity contribution in [2.45, 2.75) is 97.9 Å². The van der Waals surface area contributed by atoms with E-state index in [1.807, 2.05) is 0 Å². The summed E-state index contributed by atoms with van der Waals surface area (Å²) in [7, 11) is -3.16. The van der Waals surface area contributed by atoms with E-state index in [2.05, 4.69) is 72.2 Å². The summed E-state index contributed by atoms with van der Waals surface area (Å²) >= 11 is 13.3. The molecule has 0 heterocycles. The average molecular weight is 488 g/mol. The van der Waals surface area contributed by atoms with Crippen molar-refractivity contribution in [3.63, 3.8) is 0 Å². The molecule has 0 bridgehead atoms. The normalized spacial score (nSPS) is 21.2. The van der Waals surface area contributed by atoms with Crippen molar-refractivity contribution < 1.29 is 8.85 Å². The highest BCUT2D eigenvalue weighted by Crippen LogP contribution is 2.45. The van der Waals surface area contributed by atoms with Gasteiger partial charge in [-0.1, -0.05) is 42.3 Å². The maximum absolute atomic E-state index is 6.67. The third kappa shape index (κ3) is 7.49. The van der Waals surface area contributed by atoms with Crippen LogP contribution in [0.5, 0.6) is 0 Å². The molecule has 0 radical (unpaired) electrons. The molecule has 2 aliphatic rings. The van der Waals surface area contributed by atoms with Gasteiger partial charge in [-0.2, -0.15) is 0 Å². The summed E-state index contributed by atoms with van der Waals surface area (Å²) < 4.78 is 12.6. The van der Waals surface area contributed by atoms with Gasteiger partial charge in [0.05, 0.1) is 0 Å². The summed E-state index contributed by atoms with van der Waals surface area (Å²) in [4.78, 5) is 0. The maximum atomic E-state index is 6.67. The minimum absolute atomic E-state index is 0.176. The quantitative estimate of drug-likeness (QED) is 0.288. The molecule has 6 heteroatoms. The van der Waals surface area contributed by atoms with Crippen LogP contribution in [0.2, 0.25) is 39.3 Å². The number of hydrogen-bond donors (Lipinski definition) is 0. The maximum Gasteiger partial charge on any atom is 0.184 e. The zero-order valence-electron chi connectivity index (χ0n) is 20.3. The second kappa shape index (κ2) is 10.2. The molecule has 30 heavy (non-hydrogen) atoms. The minimum atomic E-state index is -1.58. The first-order valence-electron chi connectivity index (χ1n) is 11.2. The van der Waals surface area contributed by atoms with Crippen molar-refractivity contribution in [3.05, 3.63) is 44.5 Å². The molecule has 0 aromatic rings. The van der Waals surface area contributed by atoms with Gasteiger partial charge in [0.2, 0.25) is 0 Å². The molecule has 0 spiro atoms. The standard InChI is InChI=1S/C24H40Cl2O2Si2/c1-16(27-29(4,5)6)14-21-19(10-12-23(21)25)18(3)20-11-13-24(26)22(20)15-17(2)28-30(7,8)9/h10-11,16-18H,12-15H2,1-9H3. The Hall–Kier alpha value is -0.106. The van der Waals surface area contributed by atoms with E-state index < -0.39 is 16.6 Å². The molecule has 2 nitrogen and oxygen atoms in total. The molecule has 2 atom stereocenters. The lowest BCUT2D eigenvalue weighted by Gasteiger charge is -2.28. The average Bonchev–Trinajstić information content (AvgIpc) is 3.08. The van der Waals surface area contributed by atoms with Crippen LogP contribution in [0.4, 0.5) is 0 Å². The van der Waals surface area contributed by atoms with E-state index in [4.69, 9.17) is 32.1 Å². The monoisotopic (exact) mass is 486 g/mol. The molecule has 0 N–H and O–H groups in total. The van der Waals surface area contributed by atoms with E-state index in [-0.39, 0.29) is 18.1 Å². The first-order valence-corrected chi connectivity index (χ1v) is 18.8. The molecule has 2 aliphatic carbocycles. The molecule has 0 aromatic heterocycles. The van der Waals surface area contributed by atoms with Gasteiger partial charge in [0.15, 0.2) is 16.6 Å². The summed E-state index contributed by atoms with van der Waals surface area (Å²) in [5.41, 5.74) is 5.23. The van der Waals surface area contributed by atoms with Crippen LogP contribution < -0.4 is 0 Å². The zero-order chi connectivity index (χ0) is 22.9. The number of allylic oxidation sites excluding steroid dienone is 6. The molecule has 0 saturated carbocycles. The van der Waals surface area contributed by atoms with Crippen molar-refractivity contribution in [3.8, 4) is 0 Å². The van der Waals surface area contributed by atoms with Crippen molar-refractivity contribution in [1.82, 2.24) is 0 Å². The Labute approximate surface area is 196 Å². The number of hydrogen-bond acceptors (Lipinski definition) is 2. The van der Waals surface area contributed by atoms with Crippen LogP contribution in [-0.2, 0) is 8.85 Å². The third-order valence-electron chi connectivity index (χ3n) is 5.38. The zero-order valence-corrected chi connectivity index (χ0v) is 23.8. The predicted octanol–water partition coefficient (Wildman–Crippen LogP) is 8.53. The number of rotatable bonds is 10. The van der Waals surface area contributed by atoms with Gasteiger partial charge in [-0.15, -0.1) is 0 Å². The Morgan fingerprint density at radius 2 is 1.07 bits per heavy atom. The van der Waals surface area contributed by atoms with Crippen LogP contribution in [0, 0.1) is 5.92 Å². The van der Waals surface area contributed by atoms with Gasteiger partial charge < -0.3 is 8.85 Å². The van der Waals surface area contributed by atoms with Gasteiger partial charge in [0.25, 0.3) is 0 Å². The van der Waals surface area contributed by atoms with Crippen LogP contribution in [0.15, 0.2) is 44.5 Å². The Morgan fingerprint density at radius 1 is 0.733 bits per heavy atom. The van der Waals surface area contributed by atoms with Crippen molar-refractivity contribution in [2.75, 3.05) is 0 Å². The SMILES string of the molecule is CC(CC1=C(Cl)CC=C1C(C)C1=CCC(Cl)=C1CC(C)O[Si](C)(C)C)O[Si](C)(C)C. The first kappa shape index (κ1) is 26.1. The summed E-state index contributed by atoms with van der Waals surface area (Å²) in [5, 5.41) is 1.93. The molecule has 0 aromatic carbocycles. The molecule has 2 unspecified atom stereocenters. The van der Waals surface area contributed by atoms with Crippen LogP contribution in [-0.4, -0.2) is 28.8 Å². The molecular formula is C24H40Cl2O2Si2. The van der Waals surface area contributed by atoms with E-state index in [9.17, 15) is 0 Å². The van der Waals surface area contributed by atoms with Crippen LogP contribution in [0.3, 0.4) is 0 Å². The Morgan fingerprint density at radius 3 is 1.37 bits per heavy atom. The van der Waals surface area contributed by atoms with Gasteiger partial charge >= 0.3 is 0 Å². The summed E-state index contributed by atoms with van der Waals surface area (Å²) in [5.74, 6) is 0.278. The fourth-order valence-electron chi connectivity index (χ4n) is 4.57. The molecular weight excluding hydrogens is 447 g/mol. The van der Waals surface area contributed by atoms with E-state index in [0.717, 1.165) is 35.7 Å². The lowest BCUT2D eigenvalue weighted by molar-refractivity contribution is 0.214. The summed E-state index contributed by atoms with van der Waals surface area (Å²) in [6.07, 6.45) is 8.35. The lowest BCUT2D eigenvalue weighted by atomic mass is 9.84. The van der Waals surface area contributed by atoms with E-state index in [1.165, 1.54) is 22.3 Å². The number of halogens is 2. The Balaban J connectivity index is 2.15. The highest BCUT2D eigenvalue weighted by Gasteiger charge is 2.31. The lowest BCUT2D eigenvalue weighted by Crippen LogP contribution is -2.31. The minimum Gasteiger partial charge on any atom is -0.415 e. The molecule has 170 valence electrons. The highest BCUT2D eigenvalue weighted by molar-refractivity contribution is 6.70.